The van der Waals surface area contributed by atoms with Crippen molar-refractivity contribution in [3.63, 3.8) is 0 Å². The Hall–Kier alpha value is -2.36. The van der Waals surface area contributed by atoms with E-state index < -0.39 is 0 Å². The van der Waals surface area contributed by atoms with Crippen LogP contribution in [0.1, 0.15) is 0 Å². The number of nitrogens with two attached hydrogens (primary N) is 1. The summed E-state index contributed by atoms with van der Waals surface area (Å²) >= 11 is 0. The monoisotopic (exact) mass is 211 g/mol. The lowest BCUT2D eigenvalue weighted by atomic mass is 10.2. The lowest BCUT2D eigenvalue weighted by Crippen LogP contribution is -1.97. The van der Waals surface area contributed by atoms with Crippen LogP contribution in [-0.2, 0) is 0 Å². The molecule has 16 heavy (non-hydrogen) atoms. The number of anilines is 1. The Labute approximate surface area is 91.7 Å². The molecule has 0 radical (unpaired) electrons. The first-order valence-electron chi connectivity index (χ1n) is 4.91. The third-order valence-electron chi connectivity index (χ3n) is 2.35. The first-order chi connectivity index (χ1) is 7.84. The van der Waals surface area contributed by atoms with Crippen LogP contribution in [0, 0.1) is 0 Å². The predicted molar refractivity (Wildman–Crippen MR) is 61.7 cm³/mol. The normalized spacial score (nSPS) is 10.8. The maximum absolute atomic E-state index is 5.84. The lowest BCUT2D eigenvalue weighted by molar-refractivity contribution is 0.580. The third-order valence-corrected chi connectivity index (χ3v) is 2.35. The average molecular weight is 211 g/mol. The fourth-order valence-corrected chi connectivity index (χ4v) is 1.61. The SMILES string of the molecule is Nc1nc2ccccc2nc1-c1ccco1. The van der Waals surface area contributed by atoms with E-state index in [1.54, 1.807) is 12.3 Å². The third kappa shape index (κ3) is 1.32. The molecule has 0 aliphatic carbocycles. The van der Waals surface area contributed by atoms with Gasteiger partial charge in [-0.15, -0.1) is 0 Å². The van der Waals surface area contributed by atoms with Crippen LogP contribution in [0.3, 0.4) is 0 Å². The molecule has 2 heterocycles. The molecule has 2 N–H and O–H groups in total. The highest BCUT2D eigenvalue weighted by Gasteiger charge is 2.09. The molecule has 78 valence electrons. The Morgan fingerprint density at radius 3 is 2.38 bits per heavy atom. The second-order valence-corrected chi connectivity index (χ2v) is 3.42. The van der Waals surface area contributed by atoms with Gasteiger partial charge in [0.2, 0.25) is 0 Å². The molecule has 0 saturated carbocycles. The Morgan fingerprint density at radius 2 is 1.69 bits per heavy atom. The molecule has 3 aromatic rings. The van der Waals surface area contributed by atoms with Crippen molar-refractivity contribution in [3.05, 3.63) is 42.7 Å². The summed E-state index contributed by atoms with van der Waals surface area (Å²) < 4.78 is 5.27. The zero-order valence-electron chi connectivity index (χ0n) is 8.42. The van der Waals surface area contributed by atoms with Gasteiger partial charge in [-0.2, -0.15) is 0 Å². The first-order valence-corrected chi connectivity index (χ1v) is 4.91. The van der Waals surface area contributed by atoms with E-state index in [1.165, 1.54) is 0 Å². The smallest absolute Gasteiger partial charge is 0.156 e. The van der Waals surface area contributed by atoms with E-state index in [-0.39, 0.29) is 0 Å². The van der Waals surface area contributed by atoms with Gasteiger partial charge in [-0.1, -0.05) is 12.1 Å². The van der Waals surface area contributed by atoms with Gasteiger partial charge in [0, 0.05) is 0 Å². The van der Waals surface area contributed by atoms with Crippen molar-refractivity contribution in [2.24, 2.45) is 0 Å². The Balaban J connectivity index is 2.30. The summed E-state index contributed by atoms with van der Waals surface area (Å²) in [6, 6.07) is 11.2. The molecule has 1 aromatic carbocycles. The Kier molecular flexibility index (Phi) is 1.86. The molecular weight excluding hydrogens is 202 g/mol. The van der Waals surface area contributed by atoms with Gasteiger partial charge in [-0.05, 0) is 24.3 Å². The van der Waals surface area contributed by atoms with Gasteiger partial charge in [0.25, 0.3) is 0 Å². The maximum Gasteiger partial charge on any atom is 0.156 e. The summed E-state index contributed by atoms with van der Waals surface area (Å²) in [6.45, 7) is 0. The zero-order valence-corrected chi connectivity index (χ0v) is 8.42. The predicted octanol–water partition coefficient (Wildman–Crippen LogP) is 2.47. The topological polar surface area (TPSA) is 64.9 Å². The summed E-state index contributed by atoms with van der Waals surface area (Å²) in [7, 11) is 0. The van der Waals surface area contributed by atoms with Crippen molar-refractivity contribution in [3.8, 4) is 11.5 Å². The van der Waals surface area contributed by atoms with E-state index in [0.717, 1.165) is 11.0 Å². The van der Waals surface area contributed by atoms with Gasteiger partial charge in [0.05, 0.1) is 17.3 Å². The lowest BCUT2D eigenvalue weighted by Gasteiger charge is -2.03. The number of furan rings is 1. The molecule has 0 amide bonds. The Morgan fingerprint density at radius 1 is 0.938 bits per heavy atom. The fourth-order valence-electron chi connectivity index (χ4n) is 1.61. The van der Waals surface area contributed by atoms with Crippen LogP contribution in [0.4, 0.5) is 5.82 Å². The average Bonchev–Trinajstić information content (AvgIpc) is 2.81. The summed E-state index contributed by atoms with van der Waals surface area (Å²) in [5, 5.41) is 0. The molecular formula is C12H9N3O. The molecule has 4 nitrogen and oxygen atoms in total. The van der Waals surface area contributed by atoms with Gasteiger partial charge in [0.15, 0.2) is 11.6 Å². The van der Waals surface area contributed by atoms with Crippen LogP contribution in [0.2, 0.25) is 0 Å². The van der Waals surface area contributed by atoms with Crippen LogP contribution >= 0.6 is 0 Å². The number of nitrogens with zero attached hydrogens (tertiary/aromatic N) is 2. The number of fused-ring (bicyclic) bond motifs is 1. The van der Waals surface area contributed by atoms with Gasteiger partial charge in [0.1, 0.15) is 5.69 Å². The number of hydrogen-bond acceptors (Lipinski definition) is 4. The number of aromatic nitrogens is 2. The Bertz CT molecular complexity index is 632. The standard InChI is InChI=1S/C12H9N3O/c13-12-11(10-6-3-7-16-10)14-8-4-1-2-5-9(8)15-12/h1-7H,(H2,13,15). The number of nitrogen functional groups attached to an aromatic ring is 1. The number of rotatable bonds is 1. The largest absolute Gasteiger partial charge is 0.463 e. The van der Waals surface area contributed by atoms with Crippen molar-refractivity contribution in [1.29, 1.82) is 0 Å². The second kappa shape index (κ2) is 3.34. The fraction of sp³-hybridized carbons (Fsp3) is 0. The number of benzene rings is 1. The first kappa shape index (κ1) is 8.91. The highest BCUT2D eigenvalue weighted by molar-refractivity contribution is 5.80. The van der Waals surface area contributed by atoms with Gasteiger partial charge in [-0.3, -0.25) is 0 Å². The minimum atomic E-state index is 0.383. The minimum Gasteiger partial charge on any atom is -0.463 e. The molecule has 4 heteroatoms. The molecule has 0 aliphatic rings. The van der Waals surface area contributed by atoms with Crippen molar-refractivity contribution in [2.75, 3.05) is 5.73 Å². The van der Waals surface area contributed by atoms with Gasteiger partial charge >= 0.3 is 0 Å². The van der Waals surface area contributed by atoms with E-state index in [0.29, 0.717) is 17.3 Å². The van der Waals surface area contributed by atoms with Gasteiger partial charge < -0.3 is 10.2 Å². The van der Waals surface area contributed by atoms with Crippen LogP contribution in [0.15, 0.2) is 47.1 Å². The summed E-state index contributed by atoms with van der Waals surface area (Å²) in [4.78, 5) is 8.72. The molecule has 0 spiro atoms. The summed E-state index contributed by atoms with van der Waals surface area (Å²) in [6.07, 6.45) is 1.59. The molecule has 2 aromatic heterocycles. The molecule has 0 bridgehead atoms. The van der Waals surface area contributed by atoms with E-state index in [1.807, 2.05) is 30.3 Å². The highest BCUT2D eigenvalue weighted by atomic mass is 16.3. The molecule has 0 fully saturated rings. The second-order valence-electron chi connectivity index (χ2n) is 3.42. The zero-order chi connectivity index (χ0) is 11.0. The molecule has 0 saturated heterocycles. The summed E-state index contributed by atoms with van der Waals surface area (Å²) in [5.74, 6) is 1.02. The quantitative estimate of drug-likeness (QED) is 0.671. The van der Waals surface area contributed by atoms with Crippen LogP contribution in [0.5, 0.6) is 0 Å². The van der Waals surface area contributed by atoms with Crippen LogP contribution < -0.4 is 5.73 Å². The van der Waals surface area contributed by atoms with Crippen molar-refractivity contribution >= 4 is 16.9 Å². The molecule has 0 atom stereocenters. The van der Waals surface area contributed by atoms with Crippen LogP contribution in [-0.4, -0.2) is 9.97 Å². The van der Waals surface area contributed by atoms with E-state index >= 15 is 0 Å². The molecule has 0 aliphatic heterocycles. The van der Waals surface area contributed by atoms with E-state index in [9.17, 15) is 0 Å². The molecule has 3 rings (SSSR count). The number of hydrogen-bond donors (Lipinski definition) is 1. The highest BCUT2D eigenvalue weighted by Crippen LogP contribution is 2.24. The van der Waals surface area contributed by atoms with Crippen molar-refractivity contribution < 1.29 is 4.42 Å². The molecule has 0 unspecified atom stereocenters. The number of para-hydroxylation sites is 2. The van der Waals surface area contributed by atoms with Crippen LogP contribution in [0.25, 0.3) is 22.5 Å². The van der Waals surface area contributed by atoms with Crippen molar-refractivity contribution in [1.82, 2.24) is 9.97 Å². The van der Waals surface area contributed by atoms with E-state index in [2.05, 4.69) is 9.97 Å². The van der Waals surface area contributed by atoms with Crippen molar-refractivity contribution in [2.45, 2.75) is 0 Å². The minimum absolute atomic E-state index is 0.383. The summed E-state index contributed by atoms with van der Waals surface area (Å²) in [5.41, 5.74) is 8.03. The van der Waals surface area contributed by atoms with Gasteiger partial charge in [-0.25, -0.2) is 9.97 Å². The maximum atomic E-state index is 5.84. The van der Waals surface area contributed by atoms with E-state index in [4.69, 9.17) is 10.2 Å².